The predicted octanol–water partition coefficient (Wildman–Crippen LogP) is 3.90. The summed E-state index contributed by atoms with van der Waals surface area (Å²) in [6, 6.07) is 8.83. The van der Waals surface area contributed by atoms with Gasteiger partial charge in [-0.25, -0.2) is 4.98 Å². The molecular weight excluding hydrogens is 276 g/mol. The molecule has 1 aromatic carbocycles. The van der Waals surface area contributed by atoms with Crippen LogP contribution >= 0.6 is 15.9 Å². The van der Waals surface area contributed by atoms with Gasteiger partial charge in [0.1, 0.15) is 4.60 Å². The number of rotatable bonds is 3. The second-order valence-electron chi connectivity index (χ2n) is 4.67. The molecular formula is C14H17BrN2. The van der Waals surface area contributed by atoms with Crippen molar-refractivity contribution < 1.29 is 0 Å². The van der Waals surface area contributed by atoms with Crippen LogP contribution in [0.25, 0.3) is 0 Å². The van der Waals surface area contributed by atoms with Crippen molar-refractivity contribution in [3.63, 3.8) is 0 Å². The van der Waals surface area contributed by atoms with Crippen molar-refractivity contribution in [3.05, 3.63) is 52.0 Å². The third-order valence-corrected chi connectivity index (χ3v) is 3.69. The van der Waals surface area contributed by atoms with Gasteiger partial charge >= 0.3 is 0 Å². The smallest absolute Gasteiger partial charge is 0.127 e. The molecule has 0 aliphatic heterocycles. The minimum absolute atomic E-state index is 0.590. The number of hydrogen-bond donors (Lipinski definition) is 0. The monoisotopic (exact) mass is 292 g/mol. The molecule has 0 atom stereocenters. The molecule has 0 unspecified atom stereocenters. The maximum Gasteiger partial charge on any atom is 0.127 e. The maximum absolute atomic E-state index is 4.24. The van der Waals surface area contributed by atoms with Crippen LogP contribution in [0.2, 0.25) is 0 Å². The average molecular weight is 293 g/mol. The van der Waals surface area contributed by atoms with E-state index in [4.69, 9.17) is 0 Å². The summed E-state index contributed by atoms with van der Waals surface area (Å²) in [5, 5.41) is 0. The van der Waals surface area contributed by atoms with Crippen LogP contribution in [0.4, 0.5) is 0 Å². The SMILES string of the molecule is CC(C)c1ccc(Cc2c(Br)ncn2C)cc1. The summed E-state index contributed by atoms with van der Waals surface area (Å²) in [4.78, 5) is 4.24. The van der Waals surface area contributed by atoms with Crippen LogP contribution in [0, 0.1) is 0 Å². The molecule has 1 aromatic heterocycles. The summed E-state index contributed by atoms with van der Waals surface area (Å²) < 4.78 is 2.99. The quantitative estimate of drug-likeness (QED) is 0.839. The normalized spacial score (nSPS) is 11.1. The first-order valence-electron chi connectivity index (χ1n) is 5.82. The Bertz CT molecular complexity index is 478. The van der Waals surface area contributed by atoms with Gasteiger partial charge in [0.2, 0.25) is 0 Å². The molecule has 90 valence electrons. The van der Waals surface area contributed by atoms with Gasteiger partial charge in [0.15, 0.2) is 0 Å². The zero-order valence-corrected chi connectivity index (χ0v) is 12.0. The van der Waals surface area contributed by atoms with Gasteiger partial charge < -0.3 is 4.57 Å². The summed E-state index contributed by atoms with van der Waals surface area (Å²) in [6.45, 7) is 4.43. The Balaban J connectivity index is 2.19. The summed E-state index contributed by atoms with van der Waals surface area (Å²) >= 11 is 3.48. The van der Waals surface area contributed by atoms with Crippen molar-refractivity contribution in [2.45, 2.75) is 26.2 Å². The van der Waals surface area contributed by atoms with Crippen molar-refractivity contribution in [1.29, 1.82) is 0 Å². The highest BCUT2D eigenvalue weighted by molar-refractivity contribution is 9.10. The highest BCUT2D eigenvalue weighted by atomic mass is 79.9. The fourth-order valence-corrected chi connectivity index (χ4v) is 2.35. The van der Waals surface area contributed by atoms with E-state index in [2.05, 4.69) is 63.6 Å². The number of nitrogens with zero attached hydrogens (tertiary/aromatic N) is 2. The van der Waals surface area contributed by atoms with Crippen LogP contribution in [-0.4, -0.2) is 9.55 Å². The first kappa shape index (κ1) is 12.4. The van der Waals surface area contributed by atoms with Crippen LogP contribution in [0.15, 0.2) is 35.2 Å². The van der Waals surface area contributed by atoms with Gasteiger partial charge in [-0.2, -0.15) is 0 Å². The predicted molar refractivity (Wildman–Crippen MR) is 74.2 cm³/mol. The van der Waals surface area contributed by atoms with Crippen molar-refractivity contribution in [3.8, 4) is 0 Å². The highest BCUT2D eigenvalue weighted by Gasteiger charge is 2.07. The van der Waals surface area contributed by atoms with Gasteiger partial charge in [0, 0.05) is 13.5 Å². The van der Waals surface area contributed by atoms with E-state index in [0.717, 1.165) is 11.0 Å². The van der Waals surface area contributed by atoms with E-state index in [1.54, 1.807) is 0 Å². The van der Waals surface area contributed by atoms with E-state index in [1.807, 2.05) is 13.4 Å². The van der Waals surface area contributed by atoms with E-state index < -0.39 is 0 Å². The lowest BCUT2D eigenvalue weighted by Gasteiger charge is -2.07. The van der Waals surface area contributed by atoms with Crippen LogP contribution in [0.3, 0.4) is 0 Å². The molecule has 0 bridgehead atoms. The topological polar surface area (TPSA) is 17.8 Å². The van der Waals surface area contributed by atoms with E-state index in [1.165, 1.54) is 16.8 Å². The molecule has 3 heteroatoms. The zero-order valence-electron chi connectivity index (χ0n) is 10.4. The van der Waals surface area contributed by atoms with Gasteiger partial charge in [-0.1, -0.05) is 38.1 Å². The summed E-state index contributed by atoms with van der Waals surface area (Å²) in [5.41, 5.74) is 3.92. The fourth-order valence-electron chi connectivity index (χ4n) is 1.84. The maximum atomic E-state index is 4.24. The second-order valence-corrected chi connectivity index (χ2v) is 5.42. The Morgan fingerprint density at radius 2 is 1.88 bits per heavy atom. The molecule has 0 radical (unpaired) electrons. The molecule has 2 aromatic rings. The van der Waals surface area contributed by atoms with Gasteiger partial charge in [-0.15, -0.1) is 0 Å². The van der Waals surface area contributed by atoms with E-state index in [0.29, 0.717) is 5.92 Å². The third kappa shape index (κ3) is 2.78. The summed E-state index contributed by atoms with van der Waals surface area (Å²) in [7, 11) is 2.02. The van der Waals surface area contributed by atoms with Gasteiger partial charge in [-0.05, 0) is 33.0 Å². The Kier molecular flexibility index (Phi) is 3.67. The van der Waals surface area contributed by atoms with Crippen LogP contribution < -0.4 is 0 Å². The van der Waals surface area contributed by atoms with Gasteiger partial charge in [0.25, 0.3) is 0 Å². The lowest BCUT2D eigenvalue weighted by molar-refractivity contribution is 0.839. The van der Waals surface area contributed by atoms with Crippen LogP contribution in [0.5, 0.6) is 0 Å². The van der Waals surface area contributed by atoms with Crippen molar-refractivity contribution in [2.24, 2.45) is 7.05 Å². The Hall–Kier alpha value is -1.09. The number of benzene rings is 1. The molecule has 2 nitrogen and oxygen atoms in total. The molecule has 0 amide bonds. The number of aryl methyl sites for hydroxylation is 1. The van der Waals surface area contributed by atoms with E-state index in [-0.39, 0.29) is 0 Å². The molecule has 2 rings (SSSR count). The number of hydrogen-bond acceptors (Lipinski definition) is 1. The fraction of sp³-hybridized carbons (Fsp3) is 0.357. The number of halogens is 1. The van der Waals surface area contributed by atoms with Crippen molar-refractivity contribution in [1.82, 2.24) is 9.55 Å². The molecule has 17 heavy (non-hydrogen) atoms. The molecule has 0 N–H and O–H groups in total. The summed E-state index contributed by atoms with van der Waals surface area (Å²) in [5.74, 6) is 0.590. The number of imidazole rings is 1. The van der Waals surface area contributed by atoms with Gasteiger partial charge in [-0.3, -0.25) is 0 Å². The lowest BCUT2D eigenvalue weighted by atomic mass is 10.0. The van der Waals surface area contributed by atoms with Crippen molar-refractivity contribution in [2.75, 3.05) is 0 Å². The second kappa shape index (κ2) is 5.05. The van der Waals surface area contributed by atoms with E-state index in [9.17, 15) is 0 Å². The molecule has 0 fully saturated rings. The molecule has 0 saturated heterocycles. The molecule has 0 spiro atoms. The zero-order chi connectivity index (χ0) is 12.4. The van der Waals surface area contributed by atoms with E-state index >= 15 is 0 Å². The Labute approximate surface area is 111 Å². The molecule has 0 aliphatic carbocycles. The molecule has 1 heterocycles. The minimum atomic E-state index is 0.590. The van der Waals surface area contributed by atoms with Crippen LogP contribution in [-0.2, 0) is 13.5 Å². The first-order chi connectivity index (χ1) is 8.08. The Morgan fingerprint density at radius 3 is 2.35 bits per heavy atom. The summed E-state index contributed by atoms with van der Waals surface area (Å²) in [6.07, 6.45) is 2.75. The Morgan fingerprint density at radius 1 is 1.24 bits per heavy atom. The third-order valence-electron chi connectivity index (χ3n) is 3.03. The minimum Gasteiger partial charge on any atom is -0.336 e. The standard InChI is InChI=1S/C14H17BrN2/c1-10(2)12-6-4-11(5-7-12)8-13-14(15)16-9-17(13)3/h4-7,9-10H,8H2,1-3H3. The largest absolute Gasteiger partial charge is 0.336 e. The average Bonchev–Trinajstić information content (AvgIpc) is 2.61. The highest BCUT2D eigenvalue weighted by Crippen LogP contribution is 2.20. The lowest BCUT2D eigenvalue weighted by Crippen LogP contribution is -1.97. The molecule has 0 saturated carbocycles. The van der Waals surface area contributed by atoms with Crippen LogP contribution in [0.1, 0.15) is 36.6 Å². The first-order valence-corrected chi connectivity index (χ1v) is 6.61. The number of aromatic nitrogens is 2. The molecule has 0 aliphatic rings. The van der Waals surface area contributed by atoms with Crippen molar-refractivity contribution >= 4 is 15.9 Å². The van der Waals surface area contributed by atoms with Gasteiger partial charge in [0.05, 0.1) is 12.0 Å².